The molecule has 1 aromatic carbocycles. The molecule has 18 heavy (non-hydrogen) atoms. The first kappa shape index (κ1) is 11.7. The van der Waals surface area contributed by atoms with Crippen LogP contribution in [0.4, 0.5) is 5.95 Å². The van der Waals surface area contributed by atoms with Crippen LogP contribution in [0, 0.1) is 17.0 Å². The molecule has 92 valence electrons. The van der Waals surface area contributed by atoms with Gasteiger partial charge in [-0.3, -0.25) is 0 Å². The highest BCUT2D eigenvalue weighted by atomic mass is 16.6. The lowest BCUT2D eigenvalue weighted by Crippen LogP contribution is -2.02. The summed E-state index contributed by atoms with van der Waals surface area (Å²) < 4.78 is 1.22. The molecule has 0 saturated carbocycles. The van der Waals surface area contributed by atoms with Crippen LogP contribution in [0.1, 0.15) is 15.9 Å². The Hall–Kier alpha value is -2.77. The number of aromatic carboxylic acids is 1. The largest absolute Gasteiger partial charge is 0.491 e. The van der Waals surface area contributed by atoms with E-state index < -0.39 is 16.8 Å². The van der Waals surface area contributed by atoms with E-state index in [2.05, 4.69) is 10.1 Å². The molecule has 0 aliphatic heterocycles. The topological polar surface area (TPSA) is 111 Å². The summed E-state index contributed by atoms with van der Waals surface area (Å²) in [6, 6.07) is 4.50. The van der Waals surface area contributed by atoms with Gasteiger partial charge < -0.3 is 15.2 Å². The number of hydrogen-bond acceptors (Lipinski definition) is 5. The van der Waals surface area contributed by atoms with E-state index in [4.69, 9.17) is 5.11 Å². The number of hydrogen-bond donors (Lipinski definition) is 1. The molecule has 2 rings (SSSR count). The van der Waals surface area contributed by atoms with Gasteiger partial charge in [0.2, 0.25) is 6.33 Å². The van der Waals surface area contributed by atoms with E-state index >= 15 is 0 Å². The van der Waals surface area contributed by atoms with Gasteiger partial charge in [-0.05, 0) is 35.6 Å². The van der Waals surface area contributed by atoms with Gasteiger partial charge in [-0.1, -0.05) is 4.98 Å². The lowest BCUT2D eigenvalue weighted by atomic mass is 10.1. The Morgan fingerprint density at radius 1 is 1.50 bits per heavy atom. The third kappa shape index (κ3) is 2.03. The summed E-state index contributed by atoms with van der Waals surface area (Å²) in [7, 11) is 0. The van der Waals surface area contributed by atoms with Gasteiger partial charge in [0.25, 0.3) is 0 Å². The minimum Gasteiger partial charge on any atom is -0.478 e. The summed E-state index contributed by atoms with van der Waals surface area (Å²) in [4.78, 5) is 24.1. The Labute approximate surface area is 101 Å². The van der Waals surface area contributed by atoms with Crippen LogP contribution in [0.2, 0.25) is 0 Å². The van der Waals surface area contributed by atoms with Gasteiger partial charge >= 0.3 is 11.9 Å². The third-order valence-corrected chi connectivity index (χ3v) is 2.35. The highest BCUT2D eigenvalue weighted by Gasteiger charge is 2.15. The van der Waals surface area contributed by atoms with Crippen LogP contribution in [0.3, 0.4) is 0 Å². The average molecular weight is 248 g/mol. The van der Waals surface area contributed by atoms with Gasteiger partial charge in [0.15, 0.2) is 0 Å². The average Bonchev–Trinajstić information content (AvgIpc) is 2.77. The Morgan fingerprint density at radius 3 is 2.72 bits per heavy atom. The molecular weight excluding hydrogens is 240 g/mol. The summed E-state index contributed by atoms with van der Waals surface area (Å²) in [5.41, 5.74) is 1.23. The second kappa shape index (κ2) is 4.24. The zero-order valence-electron chi connectivity index (χ0n) is 9.27. The molecule has 0 aliphatic carbocycles. The molecule has 1 aromatic heterocycles. The lowest BCUT2D eigenvalue weighted by Gasteiger charge is -2.02. The minimum absolute atomic E-state index is 0.174. The molecule has 0 unspecified atom stereocenters. The van der Waals surface area contributed by atoms with Crippen molar-refractivity contribution in [1.29, 1.82) is 0 Å². The van der Waals surface area contributed by atoms with Crippen LogP contribution in [-0.4, -0.2) is 30.8 Å². The zero-order chi connectivity index (χ0) is 13.3. The molecule has 0 amide bonds. The number of rotatable bonds is 3. The monoisotopic (exact) mass is 248 g/mol. The van der Waals surface area contributed by atoms with Crippen molar-refractivity contribution < 1.29 is 14.8 Å². The molecule has 2 aromatic rings. The molecule has 1 N–H and O–H groups in total. The van der Waals surface area contributed by atoms with E-state index in [1.807, 2.05) is 0 Å². The Bertz CT molecular complexity index is 635. The molecule has 0 bridgehead atoms. The first-order valence-corrected chi connectivity index (χ1v) is 4.89. The number of carboxylic acid groups (broad SMARTS) is 1. The summed E-state index contributed by atoms with van der Waals surface area (Å²) in [5.74, 6) is -1.53. The Morgan fingerprint density at radius 2 is 2.22 bits per heavy atom. The van der Waals surface area contributed by atoms with Gasteiger partial charge in [-0.25, -0.2) is 4.79 Å². The predicted octanol–water partition coefficient (Wildman–Crippen LogP) is 1.18. The minimum atomic E-state index is -1.02. The van der Waals surface area contributed by atoms with Crippen molar-refractivity contribution in [2.24, 2.45) is 0 Å². The fourth-order valence-electron chi connectivity index (χ4n) is 1.49. The maximum Gasteiger partial charge on any atom is 0.491 e. The smallest absolute Gasteiger partial charge is 0.478 e. The fraction of sp³-hybridized carbons (Fsp3) is 0.100. The lowest BCUT2D eigenvalue weighted by molar-refractivity contribution is -0.394. The summed E-state index contributed by atoms with van der Waals surface area (Å²) >= 11 is 0. The van der Waals surface area contributed by atoms with Crippen LogP contribution >= 0.6 is 0 Å². The van der Waals surface area contributed by atoms with E-state index in [9.17, 15) is 14.9 Å². The van der Waals surface area contributed by atoms with Crippen LogP contribution < -0.4 is 0 Å². The van der Waals surface area contributed by atoms with E-state index in [0.717, 1.165) is 0 Å². The Balaban J connectivity index is 2.42. The molecular formula is C10H8N4O4. The van der Waals surface area contributed by atoms with E-state index in [1.165, 1.54) is 23.1 Å². The maximum atomic E-state index is 10.8. The van der Waals surface area contributed by atoms with Crippen molar-refractivity contribution in [3.8, 4) is 5.69 Å². The summed E-state index contributed by atoms with van der Waals surface area (Å²) in [6.07, 6.45) is 1.20. The van der Waals surface area contributed by atoms with Gasteiger partial charge in [0.1, 0.15) is 0 Å². The van der Waals surface area contributed by atoms with Crippen LogP contribution in [0.15, 0.2) is 24.5 Å². The number of benzene rings is 1. The molecule has 8 nitrogen and oxygen atoms in total. The molecule has 0 spiro atoms. The first-order chi connectivity index (χ1) is 8.49. The summed E-state index contributed by atoms with van der Waals surface area (Å²) in [5, 5.41) is 23.0. The normalized spacial score (nSPS) is 10.3. The molecule has 0 fully saturated rings. The second-order valence-corrected chi connectivity index (χ2v) is 3.55. The third-order valence-electron chi connectivity index (χ3n) is 2.35. The molecule has 0 radical (unpaired) electrons. The van der Waals surface area contributed by atoms with Gasteiger partial charge in [0.05, 0.1) is 11.3 Å². The highest BCUT2D eigenvalue weighted by molar-refractivity contribution is 5.89. The van der Waals surface area contributed by atoms with Crippen LogP contribution in [0.5, 0.6) is 0 Å². The number of nitro groups is 1. The van der Waals surface area contributed by atoms with Crippen molar-refractivity contribution in [1.82, 2.24) is 14.8 Å². The van der Waals surface area contributed by atoms with Crippen molar-refractivity contribution >= 4 is 11.9 Å². The zero-order valence-corrected chi connectivity index (χ0v) is 9.27. The maximum absolute atomic E-state index is 10.8. The SMILES string of the molecule is Cc1cc(-n2cnc([N+](=O)[O-])n2)ccc1C(=O)O. The van der Waals surface area contributed by atoms with Crippen molar-refractivity contribution in [2.75, 3.05) is 0 Å². The number of aromatic nitrogens is 3. The van der Waals surface area contributed by atoms with Gasteiger partial charge in [-0.2, -0.15) is 0 Å². The van der Waals surface area contributed by atoms with Crippen molar-refractivity contribution in [2.45, 2.75) is 6.92 Å². The second-order valence-electron chi connectivity index (χ2n) is 3.55. The quantitative estimate of drug-likeness (QED) is 0.644. The molecule has 8 heteroatoms. The van der Waals surface area contributed by atoms with Crippen LogP contribution in [-0.2, 0) is 0 Å². The number of nitrogens with zero attached hydrogens (tertiary/aromatic N) is 4. The summed E-state index contributed by atoms with van der Waals surface area (Å²) in [6.45, 7) is 1.64. The van der Waals surface area contributed by atoms with Crippen molar-refractivity contribution in [3.05, 3.63) is 45.8 Å². The van der Waals surface area contributed by atoms with Crippen molar-refractivity contribution in [3.63, 3.8) is 0 Å². The van der Waals surface area contributed by atoms with E-state index in [0.29, 0.717) is 11.3 Å². The van der Waals surface area contributed by atoms with Gasteiger partial charge in [-0.15, -0.1) is 4.68 Å². The standard InChI is InChI=1S/C10H8N4O4/c1-6-4-7(2-3-8(6)9(15)16)13-5-11-10(12-13)14(17)18/h2-5H,1H3,(H,15,16). The highest BCUT2D eigenvalue weighted by Crippen LogP contribution is 2.15. The number of carbonyl (C=O) groups is 1. The number of aryl methyl sites for hydroxylation is 1. The Kier molecular flexibility index (Phi) is 2.76. The fourth-order valence-corrected chi connectivity index (χ4v) is 1.49. The van der Waals surface area contributed by atoms with Gasteiger partial charge in [0, 0.05) is 5.10 Å². The molecule has 1 heterocycles. The molecule has 0 saturated heterocycles. The number of carboxylic acids is 1. The first-order valence-electron chi connectivity index (χ1n) is 4.89. The molecule has 0 atom stereocenters. The molecule has 0 aliphatic rings. The predicted molar refractivity (Wildman–Crippen MR) is 59.7 cm³/mol. The van der Waals surface area contributed by atoms with E-state index in [1.54, 1.807) is 13.0 Å². The van der Waals surface area contributed by atoms with Crippen LogP contribution in [0.25, 0.3) is 5.69 Å². The van der Waals surface area contributed by atoms with E-state index in [-0.39, 0.29) is 5.56 Å².